The van der Waals surface area contributed by atoms with E-state index in [0.29, 0.717) is 0 Å². The number of nitrogens with one attached hydrogen (secondary N) is 1. The van der Waals surface area contributed by atoms with Crippen molar-refractivity contribution in [1.29, 1.82) is 0 Å². The molecular weight excluding hydrogens is 319 g/mol. The topological polar surface area (TPSA) is 72.2 Å². The molecule has 106 valence electrons. The van der Waals surface area contributed by atoms with Gasteiger partial charge in [0.05, 0.1) is 20.6 Å². The summed E-state index contributed by atoms with van der Waals surface area (Å²) in [6.45, 7) is 0.260. The highest BCUT2D eigenvalue weighted by Crippen LogP contribution is 2.31. The Bertz CT molecular complexity index is 713. The summed E-state index contributed by atoms with van der Waals surface area (Å²) >= 11 is 11.9. The van der Waals surface area contributed by atoms with Crippen LogP contribution in [0.2, 0.25) is 10.0 Å². The van der Waals surface area contributed by atoms with Gasteiger partial charge >= 0.3 is 0 Å². The Morgan fingerprint density at radius 3 is 2.25 bits per heavy atom. The molecule has 20 heavy (non-hydrogen) atoms. The highest BCUT2D eigenvalue weighted by Gasteiger charge is 2.17. The molecule has 7 heteroatoms. The summed E-state index contributed by atoms with van der Waals surface area (Å²) in [7, 11) is -3.77. The summed E-state index contributed by atoms with van der Waals surface area (Å²) in [5.41, 5.74) is 6.39. The Morgan fingerprint density at radius 1 is 1.05 bits per heavy atom. The quantitative estimate of drug-likeness (QED) is 0.903. The third-order valence-corrected chi connectivity index (χ3v) is 4.62. The van der Waals surface area contributed by atoms with Gasteiger partial charge < -0.3 is 5.73 Å². The van der Waals surface area contributed by atoms with E-state index >= 15 is 0 Å². The van der Waals surface area contributed by atoms with Crippen LogP contribution in [0.3, 0.4) is 0 Å². The van der Waals surface area contributed by atoms with Gasteiger partial charge in [-0.25, -0.2) is 8.42 Å². The van der Waals surface area contributed by atoms with Gasteiger partial charge in [0.15, 0.2) is 0 Å². The van der Waals surface area contributed by atoms with Crippen molar-refractivity contribution in [1.82, 2.24) is 0 Å². The molecule has 0 radical (unpaired) electrons. The Hall–Kier alpha value is -1.27. The van der Waals surface area contributed by atoms with Crippen LogP contribution in [0, 0.1) is 0 Å². The average molecular weight is 331 g/mol. The molecule has 0 aliphatic rings. The third kappa shape index (κ3) is 3.24. The predicted molar refractivity (Wildman–Crippen MR) is 81.6 cm³/mol. The number of halogens is 2. The highest BCUT2D eigenvalue weighted by molar-refractivity contribution is 7.92. The lowest BCUT2D eigenvalue weighted by molar-refractivity contribution is 0.601. The summed E-state index contributed by atoms with van der Waals surface area (Å²) in [6.07, 6.45) is 0. The minimum absolute atomic E-state index is 0.108. The van der Waals surface area contributed by atoms with Crippen LogP contribution in [0.15, 0.2) is 47.4 Å². The molecule has 3 N–H and O–H groups in total. The van der Waals surface area contributed by atoms with Gasteiger partial charge in [0.2, 0.25) is 0 Å². The van der Waals surface area contributed by atoms with E-state index in [1.807, 2.05) is 0 Å². The maximum atomic E-state index is 12.3. The van der Waals surface area contributed by atoms with E-state index in [9.17, 15) is 8.42 Å². The van der Waals surface area contributed by atoms with E-state index in [1.165, 1.54) is 12.1 Å². The molecule has 0 saturated heterocycles. The van der Waals surface area contributed by atoms with Crippen LogP contribution in [0.5, 0.6) is 0 Å². The van der Waals surface area contributed by atoms with Gasteiger partial charge in [-0.05, 0) is 29.8 Å². The number of sulfonamides is 1. The molecule has 0 heterocycles. The zero-order valence-corrected chi connectivity index (χ0v) is 12.6. The first-order valence-electron chi connectivity index (χ1n) is 5.70. The Kier molecular flexibility index (Phi) is 4.55. The van der Waals surface area contributed by atoms with E-state index in [1.54, 1.807) is 30.3 Å². The van der Waals surface area contributed by atoms with Crippen molar-refractivity contribution in [2.75, 3.05) is 4.72 Å². The summed E-state index contributed by atoms with van der Waals surface area (Å²) in [4.78, 5) is 0.108. The first kappa shape index (κ1) is 15.1. The standard InChI is InChI=1S/C13H12Cl2N2O2S/c14-11-5-2-6-12(15)13(11)17-20(18,19)10-4-1-3-9(7-10)8-16/h1-7,17H,8,16H2. The number of para-hydroxylation sites is 1. The molecule has 0 bridgehead atoms. The Labute approximate surface area is 127 Å². The Balaban J connectivity index is 2.41. The van der Waals surface area contributed by atoms with Crippen molar-refractivity contribution in [3.05, 3.63) is 58.1 Å². The summed E-state index contributed by atoms with van der Waals surface area (Å²) in [5, 5.41) is 0.465. The van der Waals surface area contributed by atoms with E-state index in [-0.39, 0.29) is 27.2 Å². The van der Waals surface area contributed by atoms with E-state index in [2.05, 4.69) is 4.72 Å². The first-order valence-corrected chi connectivity index (χ1v) is 7.94. The fourth-order valence-electron chi connectivity index (χ4n) is 1.63. The monoisotopic (exact) mass is 330 g/mol. The fourth-order valence-corrected chi connectivity index (χ4v) is 3.40. The SMILES string of the molecule is NCc1cccc(S(=O)(=O)Nc2c(Cl)cccc2Cl)c1. The summed E-state index contributed by atoms with van der Waals surface area (Å²) in [6, 6.07) is 11.1. The second-order valence-corrected chi connectivity index (χ2v) is 6.55. The third-order valence-electron chi connectivity index (χ3n) is 2.64. The molecular formula is C13H12Cl2N2O2S. The van der Waals surface area contributed by atoms with Gasteiger partial charge in [0, 0.05) is 6.54 Å². The zero-order valence-electron chi connectivity index (χ0n) is 10.3. The number of anilines is 1. The van der Waals surface area contributed by atoms with E-state index in [0.717, 1.165) is 5.56 Å². The fraction of sp³-hybridized carbons (Fsp3) is 0.0769. The van der Waals surface area contributed by atoms with Gasteiger partial charge in [-0.2, -0.15) is 0 Å². The molecule has 0 spiro atoms. The minimum atomic E-state index is -3.77. The minimum Gasteiger partial charge on any atom is -0.326 e. The largest absolute Gasteiger partial charge is 0.326 e. The molecule has 0 aliphatic carbocycles. The van der Waals surface area contributed by atoms with Crippen LogP contribution in [-0.4, -0.2) is 8.42 Å². The number of rotatable bonds is 4. The number of hydrogen-bond donors (Lipinski definition) is 2. The van der Waals surface area contributed by atoms with Crippen molar-refractivity contribution < 1.29 is 8.42 Å². The maximum absolute atomic E-state index is 12.3. The number of nitrogens with two attached hydrogens (primary N) is 1. The average Bonchev–Trinajstić information content (AvgIpc) is 2.43. The molecule has 0 saturated carbocycles. The Morgan fingerprint density at radius 2 is 1.65 bits per heavy atom. The molecule has 4 nitrogen and oxygen atoms in total. The predicted octanol–water partition coefficient (Wildman–Crippen LogP) is 3.25. The molecule has 0 atom stereocenters. The normalized spacial score (nSPS) is 11.3. The molecule has 2 rings (SSSR count). The summed E-state index contributed by atoms with van der Waals surface area (Å²) in [5.74, 6) is 0. The molecule has 0 amide bonds. The molecule has 0 unspecified atom stereocenters. The number of hydrogen-bond acceptors (Lipinski definition) is 3. The molecule has 2 aromatic rings. The first-order chi connectivity index (χ1) is 9.44. The maximum Gasteiger partial charge on any atom is 0.261 e. The van der Waals surface area contributed by atoms with Crippen molar-refractivity contribution in [3.63, 3.8) is 0 Å². The van der Waals surface area contributed by atoms with Crippen LogP contribution in [0.25, 0.3) is 0 Å². The highest BCUT2D eigenvalue weighted by atomic mass is 35.5. The lowest BCUT2D eigenvalue weighted by Gasteiger charge is -2.11. The van der Waals surface area contributed by atoms with Crippen LogP contribution in [-0.2, 0) is 16.6 Å². The lowest BCUT2D eigenvalue weighted by atomic mass is 10.2. The van der Waals surface area contributed by atoms with Crippen LogP contribution >= 0.6 is 23.2 Å². The van der Waals surface area contributed by atoms with Crippen molar-refractivity contribution in [2.45, 2.75) is 11.4 Å². The van der Waals surface area contributed by atoms with E-state index in [4.69, 9.17) is 28.9 Å². The van der Waals surface area contributed by atoms with Gasteiger partial charge in [0.1, 0.15) is 0 Å². The van der Waals surface area contributed by atoms with E-state index < -0.39 is 10.0 Å². The van der Waals surface area contributed by atoms with Crippen molar-refractivity contribution >= 4 is 38.9 Å². The lowest BCUT2D eigenvalue weighted by Crippen LogP contribution is -2.14. The van der Waals surface area contributed by atoms with Crippen LogP contribution in [0.1, 0.15) is 5.56 Å². The molecule has 0 aromatic heterocycles. The number of benzene rings is 2. The van der Waals surface area contributed by atoms with Gasteiger partial charge in [-0.3, -0.25) is 4.72 Å². The second kappa shape index (κ2) is 6.01. The molecule has 2 aromatic carbocycles. The zero-order chi connectivity index (χ0) is 14.8. The van der Waals surface area contributed by atoms with Crippen LogP contribution < -0.4 is 10.5 Å². The van der Waals surface area contributed by atoms with Crippen molar-refractivity contribution in [3.8, 4) is 0 Å². The summed E-state index contributed by atoms with van der Waals surface area (Å²) < 4.78 is 27.0. The second-order valence-electron chi connectivity index (χ2n) is 4.05. The molecule has 0 fully saturated rings. The van der Waals surface area contributed by atoms with Gasteiger partial charge in [-0.15, -0.1) is 0 Å². The van der Waals surface area contributed by atoms with Gasteiger partial charge in [0.25, 0.3) is 10.0 Å². The van der Waals surface area contributed by atoms with Crippen molar-refractivity contribution in [2.24, 2.45) is 5.73 Å². The van der Waals surface area contributed by atoms with Crippen LogP contribution in [0.4, 0.5) is 5.69 Å². The smallest absolute Gasteiger partial charge is 0.261 e. The van der Waals surface area contributed by atoms with Gasteiger partial charge in [-0.1, -0.05) is 41.4 Å². The molecule has 0 aliphatic heterocycles.